The van der Waals surface area contributed by atoms with Gasteiger partial charge in [0.1, 0.15) is 0 Å². The zero-order chi connectivity index (χ0) is 12.4. The molecule has 2 rings (SSSR count). The number of carbonyl (C=O) groups excluding carboxylic acids is 2. The van der Waals surface area contributed by atoms with Gasteiger partial charge in [-0.15, -0.1) is 0 Å². The van der Waals surface area contributed by atoms with Crippen molar-refractivity contribution in [3.05, 3.63) is 47.0 Å². The lowest BCUT2D eigenvalue weighted by Crippen LogP contribution is -2.33. The van der Waals surface area contributed by atoms with E-state index < -0.39 is 0 Å². The molecular weight excluding hydrogens is 214 g/mol. The van der Waals surface area contributed by atoms with Crippen LogP contribution in [0.2, 0.25) is 0 Å². The van der Waals surface area contributed by atoms with Gasteiger partial charge in [0, 0.05) is 17.7 Å². The Morgan fingerprint density at radius 2 is 1.47 bits per heavy atom. The van der Waals surface area contributed by atoms with Crippen LogP contribution in [0.4, 0.5) is 0 Å². The lowest BCUT2D eigenvalue weighted by atomic mass is 10.1. The molecule has 0 saturated carbocycles. The van der Waals surface area contributed by atoms with E-state index in [-0.39, 0.29) is 11.8 Å². The molecule has 88 valence electrons. The summed E-state index contributed by atoms with van der Waals surface area (Å²) in [4.78, 5) is 24.9. The van der Waals surface area contributed by atoms with Crippen molar-refractivity contribution in [3.63, 3.8) is 0 Å². The number of benzene rings is 1. The van der Waals surface area contributed by atoms with E-state index in [1.165, 1.54) is 4.90 Å². The van der Waals surface area contributed by atoms with Crippen LogP contribution in [-0.2, 0) is 16.0 Å². The highest BCUT2D eigenvalue weighted by atomic mass is 16.2. The lowest BCUT2D eigenvalue weighted by Gasteiger charge is -2.14. The Kier molecular flexibility index (Phi) is 3.09. The molecule has 0 fully saturated rings. The fraction of sp³-hybridized carbons (Fsp3) is 0.286. The summed E-state index contributed by atoms with van der Waals surface area (Å²) in [6.45, 7) is 3.87. The minimum atomic E-state index is -0.150. The van der Waals surface area contributed by atoms with Crippen LogP contribution in [-0.4, -0.2) is 23.3 Å². The third-order valence-electron chi connectivity index (χ3n) is 3.16. The Balaban J connectivity index is 2.03. The van der Waals surface area contributed by atoms with Gasteiger partial charge in [-0.3, -0.25) is 14.5 Å². The van der Waals surface area contributed by atoms with Crippen molar-refractivity contribution < 1.29 is 9.59 Å². The summed E-state index contributed by atoms with van der Waals surface area (Å²) in [6, 6.07) is 9.86. The Bertz CT molecular complexity index is 464. The van der Waals surface area contributed by atoms with Gasteiger partial charge in [0.2, 0.25) is 0 Å². The topological polar surface area (TPSA) is 37.4 Å². The fourth-order valence-corrected chi connectivity index (χ4v) is 1.91. The second kappa shape index (κ2) is 4.53. The summed E-state index contributed by atoms with van der Waals surface area (Å²) in [5.74, 6) is -0.299. The molecule has 0 saturated heterocycles. The maximum atomic E-state index is 11.8. The first kappa shape index (κ1) is 11.6. The van der Waals surface area contributed by atoms with E-state index in [1.807, 2.05) is 30.3 Å². The van der Waals surface area contributed by atoms with Gasteiger partial charge >= 0.3 is 0 Å². The number of rotatable bonds is 3. The van der Waals surface area contributed by atoms with Gasteiger partial charge in [-0.2, -0.15) is 0 Å². The Hall–Kier alpha value is -1.90. The van der Waals surface area contributed by atoms with E-state index in [9.17, 15) is 9.59 Å². The van der Waals surface area contributed by atoms with Gasteiger partial charge in [-0.05, 0) is 25.8 Å². The highest BCUT2D eigenvalue weighted by Gasteiger charge is 2.32. The Labute approximate surface area is 101 Å². The molecule has 1 aliphatic heterocycles. The van der Waals surface area contributed by atoms with Crippen LogP contribution in [0.5, 0.6) is 0 Å². The smallest absolute Gasteiger partial charge is 0.256 e. The van der Waals surface area contributed by atoms with Crippen LogP contribution >= 0.6 is 0 Å². The van der Waals surface area contributed by atoms with Gasteiger partial charge in [-0.25, -0.2) is 0 Å². The van der Waals surface area contributed by atoms with E-state index in [0.29, 0.717) is 24.1 Å². The fourth-order valence-electron chi connectivity index (χ4n) is 1.91. The zero-order valence-corrected chi connectivity index (χ0v) is 10.1. The SMILES string of the molecule is CC1=C(C)C(=O)N(CCc2ccccc2)C1=O. The van der Waals surface area contributed by atoms with Crippen molar-refractivity contribution in [2.24, 2.45) is 0 Å². The summed E-state index contributed by atoms with van der Waals surface area (Å²) in [5.41, 5.74) is 2.28. The standard InChI is InChI=1S/C14H15NO2/c1-10-11(2)14(17)15(13(10)16)9-8-12-6-4-3-5-7-12/h3-7H,8-9H2,1-2H3. The third kappa shape index (κ3) is 2.13. The lowest BCUT2D eigenvalue weighted by molar-refractivity contribution is -0.137. The number of imide groups is 1. The molecule has 1 heterocycles. The van der Waals surface area contributed by atoms with Gasteiger partial charge in [0.05, 0.1) is 0 Å². The van der Waals surface area contributed by atoms with E-state index in [2.05, 4.69) is 0 Å². The number of hydrogen-bond donors (Lipinski definition) is 0. The first-order chi connectivity index (χ1) is 8.11. The molecule has 0 spiro atoms. The van der Waals surface area contributed by atoms with Gasteiger partial charge in [0.15, 0.2) is 0 Å². The monoisotopic (exact) mass is 229 g/mol. The van der Waals surface area contributed by atoms with Crippen LogP contribution in [0.15, 0.2) is 41.5 Å². The van der Waals surface area contributed by atoms with Crippen molar-refractivity contribution >= 4 is 11.8 Å². The van der Waals surface area contributed by atoms with Crippen molar-refractivity contribution in [1.29, 1.82) is 0 Å². The molecule has 0 aromatic heterocycles. The average Bonchev–Trinajstić information content (AvgIpc) is 2.54. The summed E-state index contributed by atoms with van der Waals surface area (Å²) < 4.78 is 0. The van der Waals surface area contributed by atoms with Crippen LogP contribution in [0.25, 0.3) is 0 Å². The van der Waals surface area contributed by atoms with Gasteiger partial charge in [-0.1, -0.05) is 30.3 Å². The molecule has 3 heteroatoms. The highest BCUT2D eigenvalue weighted by molar-refractivity contribution is 6.18. The molecule has 0 bridgehead atoms. The average molecular weight is 229 g/mol. The van der Waals surface area contributed by atoms with Crippen molar-refractivity contribution in [2.75, 3.05) is 6.54 Å². The summed E-state index contributed by atoms with van der Waals surface area (Å²) in [6.07, 6.45) is 0.707. The minimum Gasteiger partial charge on any atom is -0.275 e. The number of amides is 2. The number of nitrogens with zero attached hydrogens (tertiary/aromatic N) is 1. The number of carbonyl (C=O) groups is 2. The predicted octanol–water partition coefficient (Wildman–Crippen LogP) is 1.93. The summed E-state index contributed by atoms with van der Waals surface area (Å²) in [7, 11) is 0. The van der Waals surface area contributed by atoms with Crippen LogP contribution in [0.3, 0.4) is 0 Å². The van der Waals surface area contributed by atoms with E-state index in [1.54, 1.807) is 13.8 Å². The van der Waals surface area contributed by atoms with Crippen molar-refractivity contribution in [2.45, 2.75) is 20.3 Å². The van der Waals surface area contributed by atoms with E-state index in [4.69, 9.17) is 0 Å². The summed E-state index contributed by atoms with van der Waals surface area (Å²) in [5, 5.41) is 0. The molecule has 0 atom stereocenters. The van der Waals surface area contributed by atoms with Gasteiger partial charge < -0.3 is 0 Å². The minimum absolute atomic E-state index is 0.150. The summed E-state index contributed by atoms with van der Waals surface area (Å²) >= 11 is 0. The molecule has 2 amide bonds. The second-order valence-electron chi connectivity index (χ2n) is 4.25. The maximum absolute atomic E-state index is 11.8. The van der Waals surface area contributed by atoms with E-state index >= 15 is 0 Å². The molecule has 0 radical (unpaired) electrons. The predicted molar refractivity (Wildman–Crippen MR) is 65.2 cm³/mol. The first-order valence-electron chi connectivity index (χ1n) is 5.69. The number of hydrogen-bond acceptors (Lipinski definition) is 2. The quantitative estimate of drug-likeness (QED) is 0.743. The normalized spacial score (nSPS) is 16.0. The first-order valence-corrected chi connectivity index (χ1v) is 5.69. The van der Waals surface area contributed by atoms with Crippen LogP contribution < -0.4 is 0 Å². The molecule has 17 heavy (non-hydrogen) atoms. The zero-order valence-electron chi connectivity index (χ0n) is 10.1. The molecule has 0 N–H and O–H groups in total. The van der Waals surface area contributed by atoms with E-state index in [0.717, 1.165) is 5.56 Å². The second-order valence-corrected chi connectivity index (χ2v) is 4.25. The largest absolute Gasteiger partial charge is 0.275 e. The molecule has 1 aromatic rings. The van der Waals surface area contributed by atoms with Gasteiger partial charge in [0.25, 0.3) is 11.8 Å². The van der Waals surface area contributed by atoms with Crippen LogP contribution in [0.1, 0.15) is 19.4 Å². The molecular formula is C14H15NO2. The molecule has 0 aliphatic carbocycles. The molecule has 0 unspecified atom stereocenters. The Morgan fingerprint density at radius 1 is 0.941 bits per heavy atom. The molecule has 3 nitrogen and oxygen atoms in total. The van der Waals surface area contributed by atoms with Crippen LogP contribution in [0, 0.1) is 0 Å². The molecule has 1 aliphatic rings. The maximum Gasteiger partial charge on any atom is 0.256 e. The highest BCUT2D eigenvalue weighted by Crippen LogP contribution is 2.19. The third-order valence-corrected chi connectivity index (χ3v) is 3.16. The molecule has 1 aromatic carbocycles. The van der Waals surface area contributed by atoms with Crippen molar-refractivity contribution in [1.82, 2.24) is 4.90 Å². The van der Waals surface area contributed by atoms with Crippen molar-refractivity contribution in [3.8, 4) is 0 Å². The Morgan fingerprint density at radius 3 is 2.00 bits per heavy atom.